The summed E-state index contributed by atoms with van der Waals surface area (Å²) in [5.41, 5.74) is 1.34. The smallest absolute Gasteiger partial charge is 0.332 e. The Bertz CT molecular complexity index is 665. The molecule has 0 radical (unpaired) electrons. The molecule has 1 rings (SSSR count). The van der Waals surface area contributed by atoms with Gasteiger partial charge in [0, 0.05) is 44.4 Å². The second-order valence-electron chi connectivity index (χ2n) is 5.92. The maximum atomic E-state index is 12.4. The minimum Gasteiger partial charge on any atom is -0.464 e. The Morgan fingerprint density at radius 2 is 1.79 bits per heavy atom. The number of hydrogen-bond donors (Lipinski definition) is 1. The first-order valence-electron chi connectivity index (χ1n) is 8.91. The van der Waals surface area contributed by atoms with Crippen molar-refractivity contribution in [3.8, 4) is 0 Å². The molecule has 0 fully saturated rings. The number of ether oxygens (including phenoxy) is 2. The van der Waals surface area contributed by atoms with Crippen LogP contribution in [-0.2, 0) is 23.9 Å². The molecule has 0 spiro atoms. The van der Waals surface area contributed by atoms with Gasteiger partial charge >= 0.3 is 11.9 Å². The van der Waals surface area contributed by atoms with Gasteiger partial charge in [-0.1, -0.05) is 12.1 Å². The lowest BCUT2D eigenvalue weighted by Gasteiger charge is -2.28. The molecule has 0 aliphatic heterocycles. The average Bonchev–Trinajstić information content (AvgIpc) is 2.64. The molecule has 1 aromatic carbocycles. The number of esters is 2. The first kappa shape index (κ1) is 24.0. The second-order valence-corrected chi connectivity index (χ2v) is 6.68. The number of rotatable bonds is 11. The standard InChI is InChI=1S/C19H26Cl2N2O5/c1-4-27-19(26)17(22-13(2)24)18(28-14(3)25)15-6-5-7-16(12-15)23(10-8-20)11-9-21/h5-7,12,17-18H,4,8-11H2,1-3H3,(H,22,24)/t17-,18+/m1/s1. The van der Waals surface area contributed by atoms with E-state index in [0.29, 0.717) is 30.4 Å². The molecule has 0 saturated heterocycles. The van der Waals surface area contributed by atoms with Gasteiger partial charge in [-0.25, -0.2) is 4.79 Å². The Hall–Kier alpha value is -1.99. The van der Waals surface area contributed by atoms with Crippen molar-refractivity contribution < 1.29 is 23.9 Å². The van der Waals surface area contributed by atoms with E-state index in [9.17, 15) is 14.4 Å². The van der Waals surface area contributed by atoms with E-state index in [1.165, 1.54) is 13.8 Å². The van der Waals surface area contributed by atoms with Crippen LogP contribution in [0.2, 0.25) is 0 Å². The minimum absolute atomic E-state index is 0.126. The summed E-state index contributed by atoms with van der Waals surface area (Å²) in [5.74, 6) is -0.907. The fourth-order valence-electron chi connectivity index (χ4n) is 2.69. The summed E-state index contributed by atoms with van der Waals surface area (Å²) in [6.45, 7) is 5.43. The van der Waals surface area contributed by atoms with Crippen molar-refractivity contribution in [2.45, 2.75) is 32.9 Å². The Labute approximate surface area is 175 Å². The maximum Gasteiger partial charge on any atom is 0.332 e. The van der Waals surface area contributed by atoms with Crippen molar-refractivity contribution in [2.24, 2.45) is 0 Å². The zero-order valence-corrected chi connectivity index (χ0v) is 17.8. The summed E-state index contributed by atoms with van der Waals surface area (Å²) < 4.78 is 10.4. The van der Waals surface area contributed by atoms with E-state index in [1.54, 1.807) is 25.1 Å². The average molecular weight is 433 g/mol. The number of carbonyl (C=O) groups is 3. The fourth-order valence-corrected chi connectivity index (χ4v) is 3.10. The van der Waals surface area contributed by atoms with E-state index >= 15 is 0 Å². The van der Waals surface area contributed by atoms with E-state index < -0.39 is 30.0 Å². The molecule has 1 aromatic rings. The maximum absolute atomic E-state index is 12.4. The molecule has 156 valence electrons. The Kier molecular flexibility index (Phi) is 10.7. The molecule has 2 atom stereocenters. The van der Waals surface area contributed by atoms with Gasteiger partial charge in [-0.2, -0.15) is 0 Å². The molecule has 9 heteroatoms. The van der Waals surface area contributed by atoms with Crippen molar-refractivity contribution in [2.75, 3.05) is 36.4 Å². The van der Waals surface area contributed by atoms with Crippen LogP contribution in [0.25, 0.3) is 0 Å². The van der Waals surface area contributed by atoms with Crippen molar-refractivity contribution in [3.05, 3.63) is 29.8 Å². The summed E-state index contributed by atoms with van der Waals surface area (Å²) in [6.07, 6.45) is -1.05. The number of nitrogens with one attached hydrogen (secondary N) is 1. The Morgan fingerprint density at radius 3 is 2.29 bits per heavy atom. The highest BCUT2D eigenvalue weighted by molar-refractivity contribution is 6.18. The van der Waals surface area contributed by atoms with E-state index in [-0.39, 0.29) is 6.61 Å². The number of amides is 1. The minimum atomic E-state index is -1.17. The first-order valence-corrected chi connectivity index (χ1v) is 9.98. The van der Waals surface area contributed by atoms with E-state index in [4.69, 9.17) is 32.7 Å². The number of benzene rings is 1. The molecule has 0 bridgehead atoms. The normalized spacial score (nSPS) is 12.6. The number of carbonyl (C=O) groups excluding carboxylic acids is 3. The van der Waals surface area contributed by atoms with Crippen LogP contribution < -0.4 is 10.2 Å². The van der Waals surface area contributed by atoms with Crippen LogP contribution >= 0.6 is 23.2 Å². The Balaban J connectivity index is 3.33. The highest BCUT2D eigenvalue weighted by Crippen LogP contribution is 2.27. The molecule has 0 aromatic heterocycles. The zero-order chi connectivity index (χ0) is 21.1. The molecule has 7 nitrogen and oxygen atoms in total. The number of alkyl halides is 2. The molecule has 1 N–H and O–H groups in total. The van der Waals surface area contributed by atoms with Crippen molar-refractivity contribution >= 4 is 46.7 Å². The van der Waals surface area contributed by atoms with Gasteiger partial charge < -0.3 is 19.7 Å². The summed E-state index contributed by atoms with van der Waals surface area (Å²) in [4.78, 5) is 37.7. The third kappa shape index (κ3) is 7.56. The van der Waals surface area contributed by atoms with Crippen LogP contribution in [0, 0.1) is 0 Å². The second kappa shape index (κ2) is 12.5. The van der Waals surface area contributed by atoms with Crippen molar-refractivity contribution in [3.63, 3.8) is 0 Å². The summed E-state index contributed by atoms with van der Waals surface area (Å²) in [5, 5.41) is 2.52. The summed E-state index contributed by atoms with van der Waals surface area (Å²) in [6, 6.07) is 5.95. The van der Waals surface area contributed by atoms with Gasteiger partial charge in [0.05, 0.1) is 6.61 Å². The van der Waals surface area contributed by atoms with Gasteiger partial charge in [-0.15, -0.1) is 23.2 Å². The van der Waals surface area contributed by atoms with Gasteiger partial charge in [0.25, 0.3) is 0 Å². The highest BCUT2D eigenvalue weighted by Gasteiger charge is 2.34. The Morgan fingerprint density at radius 1 is 1.14 bits per heavy atom. The molecule has 0 heterocycles. The van der Waals surface area contributed by atoms with E-state index in [1.807, 2.05) is 11.0 Å². The number of halogens is 2. The predicted octanol–water partition coefficient (Wildman–Crippen LogP) is 2.64. The largest absolute Gasteiger partial charge is 0.464 e. The first-order chi connectivity index (χ1) is 13.3. The zero-order valence-electron chi connectivity index (χ0n) is 16.2. The lowest BCUT2D eigenvalue weighted by Crippen LogP contribution is -2.46. The van der Waals surface area contributed by atoms with Gasteiger partial charge in [0.15, 0.2) is 12.1 Å². The summed E-state index contributed by atoms with van der Waals surface area (Å²) in [7, 11) is 0. The van der Waals surface area contributed by atoms with E-state index in [2.05, 4.69) is 5.32 Å². The SMILES string of the molecule is CCOC(=O)[C@H](NC(C)=O)[C@@H](OC(C)=O)c1cccc(N(CCCl)CCCl)c1. The van der Waals surface area contributed by atoms with Crippen LogP contribution in [0.3, 0.4) is 0 Å². The number of hydrogen-bond acceptors (Lipinski definition) is 6. The van der Waals surface area contributed by atoms with Gasteiger partial charge in [-0.05, 0) is 24.6 Å². The topological polar surface area (TPSA) is 84.9 Å². The predicted molar refractivity (Wildman–Crippen MR) is 109 cm³/mol. The van der Waals surface area contributed by atoms with Crippen LogP contribution in [-0.4, -0.2) is 55.3 Å². The number of nitrogens with zero attached hydrogens (tertiary/aromatic N) is 1. The molecule has 0 aliphatic rings. The van der Waals surface area contributed by atoms with Crippen molar-refractivity contribution in [1.29, 1.82) is 0 Å². The molecule has 0 unspecified atom stereocenters. The monoisotopic (exact) mass is 432 g/mol. The van der Waals surface area contributed by atoms with Crippen LogP contribution in [0.1, 0.15) is 32.4 Å². The van der Waals surface area contributed by atoms with Crippen LogP contribution in [0.4, 0.5) is 5.69 Å². The molecule has 28 heavy (non-hydrogen) atoms. The fraction of sp³-hybridized carbons (Fsp3) is 0.526. The lowest BCUT2D eigenvalue weighted by atomic mass is 10.0. The number of anilines is 1. The van der Waals surface area contributed by atoms with E-state index in [0.717, 1.165) is 5.69 Å². The molecule has 0 saturated carbocycles. The van der Waals surface area contributed by atoms with Crippen LogP contribution in [0.15, 0.2) is 24.3 Å². The van der Waals surface area contributed by atoms with Crippen molar-refractivity contribution in [1.82, 2.24) is 5.32 Å². The highest BCUT2D eigenvalue weighted by atomic mass is 35.5. The lowest BCUT2D eigenvalue weighted by molar-refractivity contribution is -0.159. The van der Waals surface area contributed by atoms with Gasteiger partial charge in [0.2, 0.25) is 5.91 Å². The summed E-state index contributed by atoms with van der Waals surface area (Å²) >= 11 is 11.7. The molecule has 1 amide bonds. The third-order valence-electron chi connectivity index (χ3n) is 3.77. The van der Waals surface area contributed by atoms with Crippen LogP contribution in [0.5, 0.6) is 0 Å². The van der Waals surface area contributed by atoms with Gasteiger partial charge in [-0.3, -0.25) is 9.59 Å². The molecule has 0 aliphatic carbocycles. The molecular weight excluding hydrogens is 407 g/mol. The molecular formula is C19H26Cl2N2O5. The third-order valence-corrected chi connectivity index (χ3v) is 4.11. The quantitative estimate of drug-likeness (QED) is 0.427. The van der Waals surface area contributed by atoms with Gasteiger partial charge in [0.1, 0.15) is 0 Å².